The van der Waals surface area contributed by atoms with Gasteiger partial charge in [0.2, 0.25) is 0 Å². The van der Waals surface area contributed by atoms with Crippen molar-refractivity contribution in [3.05, 3.63) is 48.5 Å². The van der Waals surface area contributed by atoms with Crippen molar-refractivity contribution in [2.75, 3.05) is 11.9 Å². The lowest BCUT2D eigenvalue weighted by Crippen LogP contribution is -2.63. The highest BCUT2D eigenvalue weighted by Gasteiger charge is 2.44. The molecule has 2 aromatic rings. The van der Waals surface area contributed by atoms with E-state index in [0.29, 0.717) is 0 Å². The van der Waals surface area contributed by atoms with E-state index < -0.39 is 8.07 Å². The number of anilines is 2. The predicted octanol–water partition coefficient (Wildman–Crippen LogP) is 3.51. The van der Waals surface area contributed by atoms with Crippen LogP contribution in [0.5, 0.6) is 0 Å². The summed E-state index contributed by atoms with van der Waals surface area (Å²) in [7, 11) is 0.729. The third-order valence-corrected chi connectivity index (χ3v) is 10.6. The van der Waals surface area contributed by atoms with Crippen molar-refractivity contribution >= 4 is 29.8 Å². The standard InChI is InChI=1S/C18H21NSi/c1-19-15-9-3-5-11-17(15)20(13-7-2-8-14-20)18-12-6-4-10-16(18)19/h3-6,9-12H,2,7-8,13-14H2,1H3. The van der Waals surface area contributed by atoms with Crippen LogP contribution in [0.3, 0.4) is 0 Å². The highest BCUT2D eigenvalue weighted by Crippen LogP contribution is 2.37. The molecular weight excluding hydrogens is 258 g/mol. The molecule has 2 aliphatic rings. The van der Waals surface area contributed by atoms with Crippen LogP contribution in [0.4, 0.5) is 11.4 Å². The van der Waals surface area contributed by atoms with Gasteiger partial charge >= 0.3 is 0 Å². The maximum Gasteiger partial charge on any atom is 0.123 e. The van der Waals surface area contributed by atoms with Crippen LogP contribution in [0, 0.1) is 0 Å². The number of hydrogen-bond donors (Lipinski definition) is 0. The van der Waals surface area contributed by atoms with Crippen molar-refractivity contribution in [1.82, 2.24) is 0 Å². The van der Waals surface area contributed by atoms with Crippen LogP contribution in [-0.2, 0) is 0 Å². The van der Waals surface area contributed by atoms with Gasteiger partial charge in [0.1, 0.15) is 8.07 Å². The van der Waals surface area contributed by atoms with E-state index in [9.17, 15) is 0 Å². The summed E-state index contributed by atoms with van der Waals surface area (Å²) in [6.45, 7) is 0. The minimum Gasteiger partial charge on any atom is -0.345 e. The van der Waals surface area contributed by atoms with E-state index in [4.69, 9.17) is 0 Å². The normalized spacial score (nSPS) is 19.6. The fourth-order valence-corrected chi connectivity index (χ4v) is 9.95. The molecule has 20 heavy (non-hydrogen) atoms. The molecule has 1 fully saturated rings. The van der Waals surface area contributed by atoms with Crippen molar-refractivity contribution in [2.24, 2.45) is 0 Å². The van der Waals surface area contributed by atoms with E-state index in [1.54, 1.807) is 10.4 Å². The van der Waals surface area contributed by atoms with Crippen LogP contribution in [-0.4, -0.2) is 15.1 Å². The summed E-state index contributed by atoms with van der Waals surface area (Å²) in [5, 5.41) is 3.36. The van der Waals surface area contributed by atoms with Gasteiger partial charge in [-0.3, -0.25) is 0 Å². The monoisotopic (exact) mass is 279 g/mol. The average molecular weight is 279 g/mol. The Morgan fingerprint density at radius 2 is 1.25 bits per heavy atom. The maximum absolute atomic E-state index is 2.42. The molecule has 2 heterocycles. The summed E-state index contributed by atoms with van der Waals surface area (Å²) in [6.07, 6.45) is 4.26. The molecule has 1 nitrogen and oxygen atoms in total. The first-order valence-electron chi connectivity index (χ1n) is 7.76. The topological polar surface area (TPSA) is 3.24 Å². The number of para-hydroxylation sites is 2. The molecule has 1 spiro atoms. The van der Waals surface area contributed by atoms with Gasteiger partial charge in [-0.25, -0.2) is 0 Å². The quantitative estimate of drug-likeness (QED) is 0.667. The molecule has 102 valence electrons. The number of benzene rings is 2. The molecule has 0 amide bonds. The first-order valence-corrected chi connectivity index (χ1v) is 10.2. The Kier molecular flexibility index (Phi) is 2.74. The van der Waals surface area contributed by atoms with E-state index in [2.05, 4.69) is 60.5 Å². The molecule has 0 aliphatic carbocycles. The van der Waals surface area contributed by atoms with Gasteiger partial charge in [-0.1, -0.05) is 55.7 Å². The van der Waals surface area contributed by atoms with Crippen molar-refractivity contribution in [3.63, 3.8) is 0 Å². The number of fused-ring (bicyclic) bond motifs is 4. The van der Waals surface area contributed by atoms with Crippen LogP contribution >= 0.6 is 0 Å². The number of rotatable bonds is 0. The molecule has 0 N–H and O–H groups in total. The Bertz CT molecular complexity index is 594. The largest absolute Gasteiger partial charge is 0.345 e. The fraction of sp³-hybridized carbons (Fsp3) is 0.333. The Morgan fingerprint density at radius 3 is 1.80 bits per heavy atom. The predicted molar refractivity (Wildman–Crippen MR) is 89.4 cm³/mol. The highest BCUT2D eigenvalue weighted by atomic mass is 28.3. The zero-order valence-electron chi connectivity index (χ0n) is 12.1. The van der Waals surface area contributed by atoms with Gasteiger partial charge in [-0.05, 0) is 34.6 Å². The zero-order chi connectivity index (χ0) is 13.6. The van der Waals surface area contributed by atoms with E-state index in [1.807, 2.05) is 0 Å². The van der Waals surface area contributed by atoms with Crippen LogP contribution in [0.15, 0.2) is 48.5 Å². The molecule has 4 rings (SSSR count). The number of nitrogens with zero attached hydrogens (tertiary/aromatic N) is 1. The van der Waals surface area contributed by atoms with E-state index in [-0.39, 0.29) is 0 Å². The maximum atomic E-state index is 2.42. The van der Waals surface area contributed by atoms with Gasteiger partial charge in [0, 0.05) is 18.4 Å². The third-order valence-electron chi connectivity index (χ3n) is 5.27. The van der Waals surface area contributed by atoms with Crippen LogP contribution in [0.2, 0.25) is 12.1 Å². The van der Waals surface area contributed by atoms with E-state index in [0.717, 1.165) is 0 Å². The van der Waals surface area contributed by atoms with Crippen molar-refractivity contribution in [2.45, 2.75) is 31.4 Å². The van der Waals surface area contributed by atoms with E-state index >= 15 is 0 Å². The Hall–Kier alpha value is -1.54. The minimum absolute atomic E-state index is 1.42. The van der Waals surface area contributed by atoms with Crippen molar-refractivity contribution < 1.29 is 0 Å². The fourth-order valence-electron chi connectivity index (χ4n) is 4.31. The van der Waals surface area contributed by atoms with Crippen molar-refractivity contribution in [3.8, 4) is 0 Å². The minimum atomic E-state index is -1.49. The molecular formula is C18H21NSi. The lowest BCUT2D eigenvalue weighted by molar-refractivity contribution is 0.720. The molecule has 0 saturated carbocycles. The summed E-state index contributed by atoms with van der Waals surface area (Å²) in [4.78, 5) is 2.40. The lowest BCUT2D eigenvalue weighted by atomic mass is 10.2. The molecule has 0 unspecified atom stereocenters. The molecule has 2 aliphatic heterocycles. The Balaban J connectivity index is 2.01. The molecule has 0 aromatic heterocycles. The van der Waals surface area contributed by atoms with Gasteiger partial charge in [-0.2, -0.15) is 0 Å². The Morgan fingerprint density at radius 1 is 0.750 bits per heavy atom. The molecule has 0 bridgehead atoms. The van der Waals surface area contributed by atoms with Gasteiger partial charge in [-0.15, -0.1) is 0 Å². The van der Waals surface area contributed by atoms with Gasteiger partial charge in [0.05, 0.1) is 0 Å². The Labute approximate surface area is 122 Å². The van der Waals surface area contributed by atoms with Gasteiger partial charge < -0.3 is 4.90 Å². The molecule has 0 radical (unpaired) electrons. The van der Waals surface area contributed by atoms with Crippen LogP contribution < -0.4 is 15.3 Å². The summed E-state index contributed by atoms with van der Waals surface area (Å²) in [6, 6.07) is 21.2. The summed E-state index contributed by atoms with van der Waals surface area (Å²) in [5.41, 5.74) is 2.92. The highest BCUT2D eigenvalue weighted by molar-refractivity contribution is 7.04. The first-order chi connectivity index (χ1) is 9.83. The second kappa shape index (κ2) is 4.49. The summed E-state index contributed by atoms with van der Waals surface area (Å²) >= 11 is 0. The van der Waals surface area contributed by atoms with E-state index in [1.165, 1.54) is 42.7 Å². The average Bonchev–Trinajstić information content (AvgIpc) is 2.54. The molecule has 1 saturated heterocycles. The summed E-state index contributed by atoms with van der Waals surface area (Å²) < 4.78 is 0. The molecule has 0 atom stereocenters. The zero-order valence-corrected chi connectivity index (χ0v) is 13.1. The molecule has 2 aromatic carbocycles. The third kappa shape index (κ3) is 1.54. The van der Waals surface area contributed by atoms with Crippen molar-refractivity contribution in [1.29, 1.82) is 0 Å². The van der Waals surface area contributed by atoms with Crippen LogP contribution in [0.25, 0.3) is 0 Å². The SMILES string of the molecule is CN1c2ccccc2[Si]2(CCCCC2)c2ccccc21. The lowest BCUT2D eigenvalue weighted by Gasteiger charge is -2.45. The van der Waals surface area contributed by atoms with Gasteiger partial charge in [0.25, 0.3) is 0 Å². The first kappa shape index (κ1) is 12.2. The summed E-state index contributed by atoms with van der Waals surface area (Å²) in [5.74, 6) is 0. The smallest absolute Gasteiger partial charge is 0.123 e. The second-order valence-electron chi connectivity index (χ2n) is 6.24. The molecule has 2 heteroatoms. The second-order valence-corrected chi connectivity index (χ2v) is 10.5. The number of hydrogen-bond acceptors (Lipinski definition) is 1. The van der Waals surface area contributed by atoms with Gasteiger partial charge in [0.15, 0.2) is 0 Å². The van der Waals surface area contributed by atoms with Crippen LogP contribution in [0.1, 0.15) is 19.3 Å².